The molecule has 1 heterocycles. The van der Waals surface area contributed by atoms with E-state index < -0.39 is 0 Å². The van der Waals surface area contributed by atoms with Gasteiger partial charge >= 0.3 is 0 Å². The molecule has 0 radical (unpaired) electrons. The first-order valence-electron chi connectivity index (χ1n) is 4.57. The van der Waals surface area contributed by atoms with E-state index >= 15 is 0 Å². The van der Waals surface area contributed by atoms with Crippen molar-refractivity contribution in [3.8, 4) is 6.07 Å². The van der Waals surface area contributed by atoms with Crippen LogP contribution in [0.5, 0.6) is 0 Å². The predicted molar refractivity (Wildman–Crippen MR) is 69.1 cm³/mol. The third kappa shape index (κ3) is 1.88. The van der Waals surface area contributed by atoms with Crippen LogP contribution >= 0.6 is 28.6 Å². The standard InChI is InChI=1S/C10H9BrN4S/c1-15-9(13-14-10(15)16)7-4-6(5-12)2-3-8(7)11/h2-4,10,14,16H,1H3. The molecule has 0 amide bonds. The van der Waals surface area contributed by atoms with Crippen molar-refractivity contribution < 1.29 is 0 Å². The normalized spacial score (nSPS) is 19.0. The zero-order valence-corrected chi connectivity index (χ0v) is 11.0. The Kier molecular flexibility index (Phi) is 3.08. The Labute approximate surface area is 107 Å². The second kappa shape index (κ2) is 4.36. The number of hydrogen-bond acceptors (Lipinski definition) is 5. The van der Waals surface area contributed by atoms with Gasteiger partial charge in [0.15, 0.2) is 11.3 Å². The fourth-order valence-electron chi connectivity index (χ4n) is 1.42. The Morgan fingerprint density at radius 3 is 2.94 bits per heavy atom. The SMILES string of the molecule is CN1C(c2cc(C#N)ccc2Br)=NNC1S. The first-order valence-corrected chi connectivity index (χ1v) is 5.88. The van der Waals surface area contributed by atoms with E-state index in [1.54, 1.807) is 12.1 Å². The lowest BCUT2D eigenvalue weighted by Crippen LogP contribution is -2.32. The summed E-state index contributed by atoms with van der Waals surface area (Å²) in [7, 11) is 1.89. The zero-order chi connectivity index (χ0) is 11.7. The van der Waals surface area contributed by atoms with E-state index in [0.29, 0.717) is 5.56 Å². The van der Waals surface area contributed by atoms with Crippen molar-refractivity contribution in [3.05, 3.63) is 33.8 Å². The van der Waals surface area contributed by atoms with Gasteiger partial charge in [-0.25, -0.2) is 0 Å². The van der Waals surface area contributed by atoms with Gasteiger partial charge in [-0.1, -0.05) is 15.9 Å². The van der Waals surface area contributed by atoms with Gasteiger partial charge in [0.2, 0.25) is 0 Å². The highest BCUT2D eigenvalue weighted by atomic mass is 79.9. The van der Waals surface area contributed by atoms with Gasteiger partial charge < -0.3 is 4.90 Å². The third-order valence-corrected chi connectivity index (χ3v) is 3.48. The van der Waals surface area contributed by atoms with Crippen LogP contribution in [-0.4, -0.2) is 23.3 Å². The molecule has 4 nitrogen and oxygen atoms in total. The van der Waals surface area contributed by atoms with Gasteiger partial charge in [0.05, 0.1) is 11.6 Å². The number of nitrogens with one attached hydrogen (secondary N) is 1. The summed E-state index contributed by atoms with van der Waals surface area (Å²) in [5.41, 5.74) is 4.21. The summed E-state index contributed by atoms with van der Waals surface area (Å²) in [4.78, 5) is 1.89. The Bertz CT molecular complexity index is 494. The summed E-state index contributed by atoms with van der Waals surface area (Å²) in [5, 5.41) is 13.0. The molecule has 6 heteroatoms. The monoisotopic (exact) mass is 296 g/mol. The quantitative estimate of drug-likeness (QED) is 0.776. The number of benzene rings is 1. The maximum atomic E-state index is 8.86. The number of nitrogens with zero attached hydrogens (tertiary/aromatic N) is 3. The van der Waals surface area contributed by atoms with Crippen molar-refractivity contribution in [3.63, 3.8) is 0 Å². The van der Waals surface area contributed by atoms with Crippen molar-refractivity contribution in [2.75, 3.05) is 7.05 Å². The van der Waals surface area contributed by atoms with Crippen LogP contribution < -0.4 is 5.43 Å². The summed E-state index contributed by atoms with van der Waals surface area (Å²) < 4.78 is 0.904. The van der Waals surface area contributed by atoms with E-state index in [-0.39, 0.29) is 5.50 Å². The highest BCUT2D eigenvalue weighted by Crippen LogP contribution is 2.22. The number of hydrogen-bond donors (Lipinski definition) is 2. The molecule has 2 rings (SSSR count). The first-order chi connectivity index (χ1) is 7.63. The summed E-state index contributed by atoms with van der Waals surface area (Å²) in [6.07, 6.45) is 0. The number of rotatable bonds is 1. The summed E-state index contributed by atoms with van der Waals surface area (Å²) in [6.45, 7) is 0. The van der Waals surface area contributed by atoms with Crippen LogP contribution in [0.25, 0.3) is 0 Å². The molecule has 0 fully saturated rings. The average molecular weight is 297 g/mol. The Balaban J connectivity index is 2.45. The molecular formula is C10H9BrN4S. The maximum absolute atomic E-state index is 8.86. The minimum absolute atomic E-state index is 0.132. The fourth-order valence-corrected chi connectivity index (χ4v) is 2.01. The molecule has 0 bridgehead atoms. The second-order valence-corrected chi connectivity index (χ2v) is 4.70. The van der Waals surface area contributed by atoms with Crippen LogP contribution in [0.2, 0.25) is 0 Å². The molecule has 0 aliphatic carbocycles. The Hall–Kier alpha value is -1.19. The number of thiol groups is 1. The van der Waals surface area contributed by atoms with Gasteiger partial charge in [0.25, 0.3) is 0 Å². The highest BCUT2D eigenvalue weighted by Gasteiger charge is 2.23. The summed E-state index contributed by atoms with van der Waals surface area (Å²) in [5.74, 6) is 0.768. The highest BCUT2D eigenvalue weighted by molar-refractivity contribution is 9.10. The number of hydrazone groups is 1. The Morgan fingerprint density at radius 2 is 2.38 bits per heavy atom. The molecular weight excluding hydrogens is 288 g/mol. The molecule has 16 heavy (non-hydrogen) atoms. The average Bonchev–Trinajstić information content (AvgIpc) is 2.61. The molecule has 1 aliphatic heterocycles. The first kappa shape index (κ1) is 11.3. The molecule has 0 spiro atoms. The van der Waals surface area contributed by atoms with Gasteiger partial charge in [0.1, 0.15) is 0 Å². The van der Waals surface area contributed by atoms with E-state index in [0.717, 1.165) is 15.9 Å². The van der Waals surface area contributed by atoms with Gasteiger partial charge in [-0.15, -0.1) is 12.6 Å². The van der Waals surface area contributed by atoms with E-state index in [9.17, 15) is 0 Å². The molecule has 0 aromatic heterocycles. The lowest BCUT2D eigenvalue weighted by molar-refractivity contribution is 0.468. The molecule has 1 N–H and O–H groups in total. The van der Waals surface area contributed by atoms with Crippen LogP contribution in [0, 0.1) is 11.3 Å². The molecule has 1 atom stereocenters. The van der Waals surface area contributed by atoms with Crippen molar-refractivity contribution in [1.82, 2.24) is 10.3 Å². The van der Waals surface area contributed by atoms with Crippen molar-refractivity contribution >= 4 is 34.4 Å². The van der Waals surface area contributed by atoms with Crippen LogP contribution in [0.1, 0.15) is 11.1 Å². The second-order valence-electron chi connectivity index (χ2n) is 3.36. The van der Waals surface area contributed by atoms with Crippen LogP contribution in [0.15, 0.2) is 27.8 Å². The summed E-state index contributed by atoms with van der Waals surface area (Å²) >= 11 is 7.75. The van der Waals surface area contributed by atoms with E-state index in [1.165, 1.54) is 0 Å². The van der Waals surface area contributed by atoms with Crippen molar-refractivity contribution in [1.29, 1.82) is 5.26 Å². The molecule has 1 aliphatic rings. The van der Waals surface area contributed by atoms with Gasteiger partial charge in [0, 0.05) is 17.1 Å². The molecule has 1 aromatic rings. The lowest BCUT2D eigenvalue weighted by Gasteiger charge is -2.18. The smallest absolute Gasteiger partial charge is 0.161 e. The fraction of sp³-hybridized carbons (Fsp3) is 0.200. The topological polar surface area (TPSA) is 51.4 Å². The molecule has 1 unspecified atom stereocenters. The van der Waals surface area contributed by atoms with Crippen LogP contribution in [0.3, 0.4) is 0 Å². The Morgan fingerprint density at radius 1 is 1.62 bits per heavy atom. The molecule has 1 aromatic carbocycles. The maximum Gasteiger partial charge on any atom is 0.161 e. The lowest BCUT2D eigenvalue weighted by atomic mass is 10.1. The van der Waals surface area contributed by atoms with Gasteiger partial charge in [-0.05, 0) is 18.2 Å². The molecule has 82 valence electrons. The largest absolute Gasteiger partial charge is 0.328 e. The van der Waals surface area contributed by atoms with Gasteiger partial charge in [-0.2, -0.15) is 10.4 Å². The molecule has 0 saturated carbocycles. The number of nitriles is 1. The predicted octanol–water partition coefficient (Wildman–Crippen LogP) is 1.73. The molecule has 0 saturated heterocycles. The summed E-state index contributed by atoms with van der Waals surface area (Å²) in [6, 6.07) is 7.51. The zero-order valence-electron chi connectivity index (χ0n) is 8.48. The van der Waals surface area contributed by atoms with E-state index in [2.05, 4.69) is 45.2 Å². The van der Waals surface area contributed by atoms with E-state index in [1.807, 2.05) is 18.0 Å². The van der Waals surface area contributed by atoms with Crippen LogP contribution in [-0.2, 0) is 0 Å². The minimum atomic E-state index is -0.132. The minimum Gasteiger partial charge on any atom is -0.328 e. The number of amidine groups is 1. The van der Waals surface area contributed by atoms with E-state index in [4.69, 9.17) is 5.26 Å². The van der Waals surface area contributed by atoms with Gasteiger partial charge in [-0.3, -0.25) is 5.43 Å². The van der Waals surface area contributed by atoms with Crippen molar-refractivity contribution in [2.45, 2.75) is 5.50 Å². The third-order valence-electron chi connectivity index (χ3n) is 2.32. The number of halogens is 1. The van der Waals surface area contributed by atoms with Crippen molar-refractivity contribution in [2.24, 2.45) is 5.10 Å². The van der Waals surface area contributed by atoms with Crippen LogP contribution in [0.4, 0.5) is 0 Å².